The van der Waals surface area contributed by atoms with Crippen LogP contribution in [0.3, 0.4) is 0 Å². The Labute approximate surface area is 161 Å². The Bertz CT molecular complexity index is 992. The molecule has 1 aliphatic rings. The van der Waals surface area contributed by atoms with Crippen LogP contribution in [0.5, 0.6) is 17.2 Å². The second-order valence-electron chi connectivity index (χ2n) is 6.01. The first-order valence-corrected chi connectivity index (χ1v) is 8.61. The maximum Gasteiger partial charge on any atom is 0.270 e. The van der Waals surface area contributed by atoms with Gasteiger partial charge in [-0.1, -0.05) is 6.07 Å². The van der Waals surface area contributed by atoms with Crippen molar-refractivity contribution in [1.29, 1.82) is 0 Å². The summed E-state index contributed by atoms with van der Waals surface area (Å²) in [6.45, 7) is 0.566. The largest absolute Gasteiger partial charge is 0.497 e. The van der Waals surface area contributed by atoms with Gasteiger partial charge in [0.1, 0.15) is 23.6 Å². The van der Waals surface area contributed by atoms with Crippen LogP contribution >= 0.6 is 0 Å². The first kappa shape index (κ1) is 17.6. The van der Waals surface area contributed by atoms with Gasteiger partial charge in [-0.15, -0.1) is 0 Å². The highest BCUT2D eigenvalue weighted by molar-refractivity contribution is 5.92. The van der Waals surface area contributed by atoms with Gasteiger partial charge >= 0.3 is 0 Å². The molecule has 8 heteroatoms. The van der Waals surface area contributed by atoms with Crippen molar-refractivity contribution in [2.45, 2.75) is 6.54 Å². The number of anilines is 2. The summed E-state index contributed by atoms with van der Waals surface area (Å²) in [4.78, 5) is 20.6. The van der Waals surface area contributed by atoms with Crippen molar-refractivity contribution in [2.75, 3.05) is 19.2 Å². The van der Waals surface area contributed by atoms with Crippen molar-refractivity contribution >= 4 is 17.4 Å². The number of hydrogen-bond donors (Lipinski definition) is 2. The number of methoxy groups -OCH3 is 1. The van der Waals surface area contributed by atoms with E-state index in [-0.39, 0.29) is 18.4 Å². The Kier molecular flexibility index (Phi) is 4.92. The minimum Gasteiger partial charge on any atom is -0.497 e. The summed E-state index contributed by atoms with van der Waals surface area (Å²) in [6, 6.07) is 14.5. The predicted molar refractivity (Wildman–Crippen MR) is 102 cm³/mol. The molecular weight excluding hydrogens is 360 g/mol. The summed E-state index contributed by atoms with van der Waals surface area (Å²) >= 11 is 0. The summed E-state index contributed by atoms with van der Waals surface area (Å²) in [5.41, 5.74) is 2.00. The highest BCUT2D eigenvalue weighted by Crippen LogP contribution is 2.32. The molecule has 2 N–H and O–H groups in total. The smallest absolute Gasteiger partial charge is 0.270 e. The zero-order valence-electron chi connectivity index (χ0n) is 15.1. The second kappa shape index (κ2) is 7.83. The standard InChI is InChI=1S/C20H18N4O4/c1-26-15-5-3-14(4-6-15)24-19-9-16(22-11-23-19)20(25)21-10-13-2-7-17-18(8-13)28-12-27-17/h2-9,11H,10,12H2,1H3,(H,21,25)(H,22,23,24). The molecule has 0 fully saturated rings. The quantitative estimate of drug-likeness (QED) is 0.681. The van der Waals surface area contributed by atoms with Gasteiger partial charge < -0.3 is 24.8 Å². The summed E-state index contributed by atoms with van der Waals surface area (Å²) < 4.78 is 15.8. The zero-order valence-corrected chi connectivity index (χ0v) is 15.1. The molecule has 0 spiro atoms. The van der Waals surface area contributed by atoms with Crippen LogP contribution in [0.1, 0.15) is 16.1 Å². The first-order chi connectivity index (χ1) is 13.7. The topological polar surface area (TPSA) is 94.6 Å². The number of nitrogens with zero attached hydrogens (tertiary/aromatic N) is 2. The van der Waals surface area contributed by atoms with E-state index in [1.807, 2.05) is 42.5 Å². The minimum atomic E-state index is -0.294. The number of ether oxygens (including phenoxy) is 3. The third-order valence-electron chi connectivity index (χ3n) is 4.15. The molecule has 142 valence electrons. The van der Waals surface area contributed by atoms with Gasteiger partial charge in [0.25, 0.3) is 5.91 Å². The first-order valence-electron chi connectivity index (χ1n) is 8.61. The SMILES string of the molecule is COc1ccc(Nc2cc(C(=O)NCc3ccc4c(c3)OCO4)ncn2)cc1. The van der Waals surface area contributed by atoms with E-state index in [9.17, 15) is 4.79 Å². The highest BCUT2D eigenvalue weighted by atomic mass is 16.7. The normalized spacial score (nSPS) is 11.8. The van der Waals surface area contributed by atoms with Crippen molar-refractivity contribution in [2.24, 2.45) is 0 Å². The van der Waals surface area contributed by atoms with E-state index in [1.165, 1.54) is 6.33 Å². The average molecular weight is 378 g/mol. The maximum absolute atomic E-state index is 12.4. The predicted octanol–water partition coefficient (Wildman–Crippen LogP) is 2.89. The zero-order chi connectivity index (χ0) is 19.3. The fourth-order valence-electron chi connectivity index (χ4n) is 2.70. The van der Waals surface area contributed by atoms with Crippen molar-refractivity contribution in [3.05, 3.63) is 66.1 Å². The molecule has 0 aliphatic carbocycles. The molecule has 1 aliphatic heterocycles. The van der Waals surface area contributed by atoms with Crippen LogP contribution in [-0.2, 0) is 6.54 Å². The molecule has 28 heavy (non-hydrogen) atoms. The van der Waals surface area contributed by atoms with Gasteiger partial charge in [-0.05, 0) is 42.0 Å². The van der Waals surface area contributed by atoms with E-state index < -0.39 is 0 Å². The van der Waals surface area contributed by atoms with Gasteiger partial charge in [-0.3, -0.25) is 4.79 Å². The van der Waals surface area contributed by atoms with E-state index in [4.69, 9.17) is 14.2 Å². The van der Waals surface area contributed by atoms with E-state index in [2.05, 4.69) is 20.6 Å². The van der Waals surface area contributed by atoms with Gasteiger partial charge in [0.05, 0.1) is 7.11 Å². The Balaban J connectivity index is 1.39. The number of fused-ring (bicyclic) bond motifs is 1. The number of benzene rings is 2. The Morgan fingerprint density at radius 1 is 1.07 bits per heavy atom. The van der Waals surface area contributed by atoms with Crippen molar-refractivity contribution in [3.63, 3.8) is 0 Å². The molecule has 8 nitrogen and oxygen atoms in total. The van der Waals surface area contributed by atoms with Gasteiger partial charge in [-0.2, -0.15) is 0 Å². The number of carbonyl (C=O) groups is 1. The molecule has 0 saturated heterocycles. The molecular formula is C20H18N4O4. The number of carbonyl (C=O) groups excluding carboxylic acids is 1. The molecule has 0 atom stereocenters. The lowest BCUT2D eigenvalue weighted by molar-refractivity contribution is 0.0945. The lowest BCUT2D eigenvalue weighted by Gasteiger charge is -2.09. The van der Waals surface area contributed by atoms with Crippen molar-refractivity contribution in [3.8, 4) is 17.2 Å². The van der Waals surface area contributed by atoms with E-state index >= 15 is 0 Å². The molecule has 0 saturated carbocycles. The van der Waals surface area contributed by atoms with E-state index in [0.717, 1.165) is 17.0 Å². The minimum absolute atomic E-state index is 0.218. The summed E-state index contributed by atoms with van der Waals surface area (Å²) in [7, 11) is 1.61. The molecule has 0 unspecified atom stereocenters. The monoisotopic (exact) mass is 378 g/mol. The van der Waals surface area contributed by atoms with Crippen LogP contribution in [0.15, 0.2) is 54.9 Å². The molecule has 2 aromatic carbocycles. The third-order valence-corrected chi connectivity index (χ3v) is 4.15. The fourth-order valence-corrected chi connectivity index (χ4v) is 2.70. The number of amides is 1. The lowest BCUT2D eigenvalue weighted by Crippen LogP contribution is -2.24. The number of hydrogen-bond acceptors (Lipinski definition) is 7. The van der Waals surface area contributed by atoms with Gasteiger partial charge in [-0.25, -0.2) is 9.97 Å². The number of nitrogens with one attached hydrogen (secondary N) is 2. The second-order valence-corrected chi connectivity index (χ2v) is 6.01. The van der Waals surface area contributed by atoms with Crippen molar-refractivity contribution < 1.29 is 19.0 Å². The van der Waals surface area contributed by atoms with E-state index in [0.29, 0.717) is 23.9 Å². The van der Waals surface area contributed by atoms with Crippen LogP contribution in [-0.4, -0.2) is 29.8 Å². The Morgan fingerprint density at radius 2 is 1.89 bits per heavy atom. The number of rotatable bonds is 6. The molecule has 0 radical (unpaired) electrons. The fraction of sp³-hybridized carbons (Fsp3) is 0.150. The molecule has 3 aromatic rings. The Hall–Kier alpha value is -3.81. The maximum atomic E-state index is 12.4. The van der Waals surface area contributed by atoms with Crippen molar-refractivity contribution in [1.82, 2.24) is 15.3 Å². The van der Waals surface area contributed by atoms with Crippen LogP contribution < -0.4 is 24.8 Å². The van der Waals surface area contributed by atoms with Gasteiger partial charge in [0.15, 0.2) is 11.5 Å². The molecule has 1 aromatic heterocycles. The molecule has 2 heterocycles. The molecule has 4 rings (SSSR count). The van der Waals surface area contributed by atoms with Crippen LogP contribution in [0, 0.1) is 0 Å². The number of aromatic nitrogens is 2. The summed E-state index contributed by atoms with van der Waals surface area (Å²) in [5, 5.41) is 5.98. The third kappa shape index (κ3) is 3.96. The lowest BCUT2D eigenvalue weighted by atomic mass is 10.2. The summed E-state index contributed by atoms with van der Waals surface area (Å²) in [6.07, 6.45) is 1.35. The average Bonchev–Trinajstić information content (AvgIpc) is 3.20. The van der Waals surface area contributed by atoms with Crippen LogP contribution in [0.25, 0.3) is 0 Å². The Morgan fingerprint density at radius 3 is 2.71 bits per heavy atom. The molecule has 1 amide bonds. The van der Waals surface area contributed by atoms with E-state index in [1.54, 1.807) is 13.2 Å². The molecule has 0 bridgehead atoms. The highest BCUT2D eigenvalue weighted by Gasteiger charge is 2.14. The summed E-state index contributed by atoms with van der Waals surface area (Å²) in [5.74, 6) is 2.38. The van der Waals surface area contributed by atoms with Crippen LogP contribution in [0.4, 0.5) is 11.5 Å². The van der Waals surface area contributed by atoms with Gasteiger partial charge in [0.2, 0.25) is 6.79 Å². The van der Waals surface area contributed by atoms with Crippen LogP contribution in [0.2, 0.25) is 0 Å². The van der Waals surface area contributed by atoms with Gasteiger partial charge in [0, 0.05) is 18.3 Å².